The number of fused-ring (bicyclic) bond motifs is 1. The quantitative estimate of drug-likeness (QED) is 0.0863. The van der Waals surface area contributed by atoms with E-state index in [1.165, 1.54) is 31.4 Å². The molecule has 0 bridgehead atoms. The highest BCUT2D eigenvalue weighted by Crippen LogP contribution is 2.39. The zero-order valence-corrected chi connectivity index (χ0v) is 22.5. The number of hydrogen-bond donors (Lipinski definition) is 1. The van der Waals surface area contributed by atoms with Crippen LogP contribution in [0, 0.1) is 21.4 Å². The lowest BCUT2D eigenvalue weighted by Crippen LogP contribution is -2.13. The first-order valence-electron chi connectivity index (χ1n) is 11.1. The minimum atomic E-state index is -4.48. The first-order chi connectivity index (χ1) is 18.6. The Labute approximate surface area is 231 Å². The molecule has 1 N–H and O–H groups in total. The van der Waals surface area contributed by atoms with Gasteiger partial charge in [0.15, 0.2) is 11.5 Å². The van der Waals surface area contributed by atoms with Gasteiger partial charge in [0.1, 0.15) is 16.5 Å². The van der Waals surface area contributed by atoms with Crippen molar-refractivity contribution in [1.82, 2.24) is 0 Å². The number of ether oxygens (including phenoxy) is 1. The number of hydrogen-bond acceptors (Lipinski definition) is 8. The first kappa shape index (κ1) is 27.3. The van der Waals surface area contributed by atoms with Crippen molar-refractivity contribution in [2.45, 2.75) is 4.90 Å². The van der Waals surface area contributed by atoms with E-state index in [0.29, 0.717) is 11.3 Å². The second-order valence-corrected chi connectivity index (χ2v) is 10.4. The normalized spacial score (nSPS) is 11.5. The third kappa shape index (κ3) is 6.23. The Hall–Kier alpha value is -4.73. The Morgan fingerprint density at radius 1 is 1.05 bits per heavy atom. The summed E-state index contributed by atoms with van der Waals surface area (Å²) in [5, 5.41) is 25.3. The molecule has 0 aliphatic rings. The molecule has 0 aromatic heterocycles. The molecule has 196 valence electrons. The topological polar surface area (TPSA) is 149 Å². The van der Waals surface area contributed by atoms with E-state index in [1.54, 1.807) is 12.1 Å². The second-order valence-electron chi connectivity index (χ2n) is 8.01. The van der Waals surface area contributed by atoms with Crippen molar-refractivity contribution in [2.75, 3.05) is 12.4 Å². The fraction of sp³-hybridized carbons (Fsp3) is 0.0370. The molecule has 0 aliphatic heterocycles. The number of amides is 1. The van der Waals surface area contributed by atoms with E-state index < -0.39 is 31.5 Å². The summed E-state index contributed by atoms with van der Waals surface area (Å²) in [6.45, 7) is 0. The van der Waals surface area contributed by atoms with E-state index >= 15 is 0 Å². The van der Waals surface area contributed by atoms with Crippen molar-refractivity contribution in [2.24, 2.45) is 0 Å². The molecule has 12 heteroatoms. The smallest absolute Gasteiger partial charge is 0.339 e. The summed E-state index contributed by atoms with van der Waals surface area (Å²) in [6, 6.07) is 22.1. The SMILES string of the molecule is COc1cc(/C=C(\C#N)C(=O)Nc2ccc3ccccc3c2)cc(Br)c1OS(=O)(=O)c1cccc([N+](=O)[O-])c1. The molecule has 0 atom stereocenters. The van der Waals surface area contributed by atoms with Gasteiger partial charge < -0.3 is 14.2 Å². The summed E-state index contributed by atoms with van der Waals surface area (Å²) in [4.78, 5) is 22.7. The maximum atomic E-state index is 12.8. The predicted molar refractivity (Wildman–Crippen MR) is 148 cm³/mol. The average molecular weight is 608 g/mol. The molecule has 4 aromatic rings. The van der Waals surface area contributed by atoms with Crippen LogP contribution in [0.5, 0.6) is 11.5 Å². The summed E-state index contributed by atoms with van der Waals surface area (Å²) in [6.07, 6.45) is 1.31. The number of rotatable bonds is 8. The summed E-state index contributed by atoms with van der Waals surface area (Å²) in [5.41, 5.74) is 0.213. The van der Waals surface area contributed by atoms with Crippen LogP contribution < -0.4 is 14.2 Å². The number of nitro groups is 1. The van der Waals surface area contributed by atoms with Gasteiger partial charge in [-0.25, -0.2) is 0 Å². The fourth-order valence-corrected chi connectivity index (χ4v) is 5.24. The third-order valence-corrected chi connectivity index (χ3v) is 7.25. The molecule has 0 unspecified atom stereocenters. The maximum absolute atomic E-state index is 12.8. The molecule has 4 aromatic carbocycles. The van der Waals surface area contributed by atoms with E-state index in [4.69, 9.17) is 8.92 Å². The molecule has 10 nitrogen and oxygen atoms in total. The van der Waals surface area contributed by atoms with Gasteiger partial charge in [-0.05, 0) is 68.7 Å². The standard InChI is InChI=1S/C27H18BrN3O7S/c1-37-25-13-17(11-20(16-29)27(32)30-21-10-9-18-5-2-3-6-19(18)14-21)12-24(28)26(25)38-39(35,36)23-8-4-7-22(15-23)31(33)34/h2-15H,1H3,(H,30,32)/b20-11+. The van der Waals surface area contributed by atoms with Gasteiger partial charge in [-0.1, -0.05) is 36.4 Å². The number of halogens is 1. The van der Waals surface area contributed by atoms with Crippen LogP contribution in [0.15, 0.2) is 93.8 Å². The monoisotopic (exact) mass is 607 g/mol. The zero-order valence-electron chi connectivity index (χ0n) is 20.1. The van der Waals surface area contributed by atoms with Crippen molar-refractivity contribution in [3.8, 4) is 17.6 Å². The highest BCUT2D eigenvalue weighted by atomic mass is 79.9. The minimum absolute atomic E-state index is 0.0307. The third-order valence-electron chi connectivity index (χ3n) is 5.45. The molecule has 0 fully saturated rings. The van der Waals surface area contributed by atoms with Gasteiger partial charge in [0.25, 0.3) is 11.6 Å². The van der Waals surface area contributed by atoms with E-state index in [-0.39, 0.29) is 21.5 Å². The van der Waals surface area contributed by atoms with Gasteiger partial charge in [-0.3, -0.25) is 14.9 Å². The summed E-state index contributed by atoms with van der Waals surface area (Å²) in [5.74, 6) is -0.895. The van der Waals surface area contributed by atoms with E-state index in [9.17, 15) is 28.6 Å². The van der Waals surface area contributed by atoms with Crippen molar-refractivity contribution in [3.63, 3.8) is 0 Å². The minimum Gasteiger partial charge on any atom is -0.493 e. The molecule has 0 spiro atoms. The van der Waals surface area contributed by atoms with Crippen molar-refractivity contribution in [3.05, 3.63) is 105 Å². The summed E-state index contributed by atoms with van der Waals surface area (Å²) >= 11 is 3.24. The Kier molecular flexibility index (Phi) is 7.94. The molecule has 0 radical (unpaired) electrons. The summed E-state index contributed by atoms with van der Waals surface area (Å²) < 4.78 is 36.3. The number of methoxy groups -OCH3 is 1. The fourth-order valence-electron chi connectivity index (χ4n) is 3.60. The van der Waals surface area contributed by atoms with Gasteiger partial charge >= 0.3 is 10.1 Å². The molecule has 1 amide bonds. The van der Waals surface area contributed by atoms with Crippen LogP contribution in [-0.4, -0.2) is 26.4 Å². The molecular formula is C27H18BrN3O7S. The van der Waals surface area contributed by atoms with Crippen LogP contribution in [0.3, 0.4) is 0 Å². The number of nitrogens with zero attached hydrogens (tertiary/aromatic N) is 2. The van der Waals surface area contributed by atoms with Crippen molar-refractivity contribution >= 4 is 60.2 Å². The van der Waals surface area contributed by atoms with Gasteiger partial charge in [-0.15, -0.1) is 0 Å². The van der Waals surface area contributed by atoms with Gasteiger partial charge in [-0.2, -0.15) is 13.7 Å². The van der Waals surface area contributed by atoms with E-state index in [2.05, 4.69) is 21.2 Å². The number of carbonyl (C=O) groups is 1. The van der Waals surface area contributed by atoms with Crippen LogP contribution in [0.1, 0.15) is 5.56 Å². The Morgan fingerprint density at radius 2 is 1.79 bits per heavy atom. The number of nitro benzene ring substituents is 1. The number of anilines is 1. The lowest BCUT2D eigenvalue weighted by molar-refractivity contribution is -0.385. The Balaban J connectivity index is 1.61. The van der Waals surface area contributed by atoms with Crippen LogP contribution in [0.25, 0.3) is 16.8 Å². The zero-order chi connectivity index (χ0) is 28.2. The largest absolute Gasteiger partial charge is 0.493 e. The van der Waals surface area contributed by atoms with Crippen molar-refractivity contribution < 1.29 is 27.1 Å². The second kappa shape index (κ2) is 11.3. The number of non-ortho nitro benzene ring substituents is 1. The lowest BCUT2D eigenvalue weighted by atomic mass is 10.1. The number of carbonyl (C=O) groups excluding carboxylic acids is 1. The highest BCUT2D eigenvalue weighted by Gasteiger charge is 2.24. The van der Waals surface area contributed by atoms with E-state index in [1.807, 2.05) is 36.4 Å². The number of benzene rings is 4. The predicted octanol–water partition coefficient (Wildman–Crippen LogP) is 5.83. The van der Waals surface area contributed by atoms with Crippen LogP contribution in [0.2, 0.25) is 0 Å². The maximum Gasteiger partial charge on any atom is 0.339 e. The van der Waals surface area contributed by atoms with Gasteiger partial charge in [0.05, 0.1) is 16.5 Å². The van der Waals surface area contributed by atoms with Crippen molar-refractivity contribution in [1.29, 1.82) is 5.26 Å². The van der Waals surface area contributed by atoms with Gasteiger partial charge in [0, 0.05) is 17.8 Å². The Bertz CT molecular complexity index is 1800. The highest BCUT2D eigenvalue weighted by molar-refractivity contribution is 9.10. The molecule has 39 heavy (non-hydrogen) atoms. The van der Waals surface area contributed by atoms with E-state index in [0.717, 1.165) is 29.0 Å². The molecule has 0 heterocycles. The van der Waals surface area contributed by atoms with Crippen LogP contribution in [-0.2, 0) is 14.9 Å². The molecule has 0 aliphatic carbocycles. The first-order valence-corrected chi connectivity index (χ1v) is 13.3. The number of nitriles is 1. The van der Waals surface area contributed by atoms with Gasteiger partial charge in [0.2, 0.25) is 0 Å². The molecule has 0 saturated carbocycles. The lowest BCUT2D eigenvalue weighted by Gasteiger charge is -2.13. The number of nitrogens with one attached hydrogen (secondary N) is 1. The average Bonchev–Trinajstić information content (AvgIpc) is 2.92. The summed E-state index contributed by atoms with van der Waals surface area (Å²) in [7, 11) is -3.20. The molecular weight excluding hydrogens is 590 g/mol. The van der Waals surface area contributed by atoms with Crippen LogP contribution >= 0.6 is 15.9 Å². The Morgan fingerprint density at radius 3 is 2.49 bits per heavy atom. The molecule has 4 rings (SSSR count). The molecule has 0 saturated heterocycles. The van der Waals surface area contributed by atoms with Crippen LogP contribution in [0.4, 0.5) is 11.4 Å².